The summed E-state index contributed by atoms with van der Waals surface area (Å²) in [4.78, 5) is 36.6. The minimum absolute atomic E-state index is 0.142. The van der Waals surface area contributed by atoms with E-state index in [1.807, 2.05) is 0 Å². The summed E-state index contributed by atoms with van der Waals surface area (Å²) in [6.45, 7) is 0.303. The van der Waals surface area contributed by atoms with Crippen LogP contribution in [0.5, 0.6) is 0 Å². The zero-order valence-corrected chi connectivity index (χ0v) is 11.9. The summed E-state index contributed by atoms with van der Waals surface area (Å²) >= 11 is 0. The third-order valence-electron chi connectivity index (χ3n) is 3.24. The fourth-order valence-electron chi connectivity index (χ4n) is 2.07. The van der Waals surface area contributed by atoms with Crippen LogP contribution in [0.25, 0.3) is 11.2 Å². The number of aromatic nitrogens is 4. The molecule has 0 atom stereocenters. The van der Waals surface area contributed by atoms with Crippen molar-refractivity contribution in [3.8, 4) is 0 Å². The molecule has 0 aliphatic carbocycles. The number of carbonyl (C=O) groups is 1. The van der Waals surface area contributed by atoms with E-state index in [0.29, 0.717) is 17.7 Å². The Morgan fingerprint density at radius 2 is 2.00 bits per heavy atom. The van der Waals surface area contributed by atoms with Gasteiger partial charge in [-0.05, 0) is 29.8 Å². The molecule has 0 spiro atoms. The van der Waals surface area contributed by atoms with Crippen LogP contribution >= 0.6 is 0 Å². The van der Waals surface area contributed by atoms with Crippen LogP contribution < -0.4 is 10.9 Å². The minimum Gasteiger partial charge on any atom is -0.346 e. The summed E-state index contributed by atoms with van der Waals surface area (Å²) < 4.78 is 1.32. The Balaban J connectivity index is 1.91. The molecule has 0 fully saturated rings. The monoisotopic (exact) mass is 295 g/mol. The molecule has 3 heterocycles. The predicted molar refractivity (Wildman–Crippen MR) is 80.2 cm³/mol. The first-order valence-electron chi connectivity index (χ1n) is 6.65. The summed E-state index contributed by atoms with van der Waals surface area (Å²) in [5.41, 5.74) is 1.22. The number of rotatable bonds is 3. The molecule has 7 heteroatoms. The van der Waals surface area contributed by atoms with Crippen molar-refractivity contribution in [1.29, 1.82) is 0 Å². The minimum atomic E-state index is -0.511. The first-order valence-corrected chi connectivity index (χ1v) is 6.65. The Morgan fingerprint density at radius 1 is 1.23 bits per heavy atom. The third kappa shape index (κ3) is 2.56. The highest BCUT2D eigenvalue weighted by Crippen LogP contribution is 2.05. The van der Waals surface area contributed by atoms with Crippen LogP contribution in [0.3, 0.4) is 0 Å². The molecule has 0 unspecified atom stereocenters. The van der Waals surface area contributed by atoms with Crippen molar-refractivity contribution in [2.24, 2.45) is 7.05 Å². The Morgan fingerprint density at radius 3 is 2.77 bits per heavy atom. The van der Waals surface area contributed by atoms with Gasteiger partial charge in [0.25, 0.3) is 11.5 Å². The highest BCUT2D eigenvalue weighted by molar-refractivity contribution is 5.93. The van der Waals surface area contributed by atoms with E-state index in [4.69, 9.17) is 0 Å². The molecule has 1 amide bonds. The van der Waals surface area contributed by atoms with Gasteiger partial charge in [-0.2, -0.15) is 0 Å². The van der Waals surface area contributed by atoms with E-state index in [9.17, 15) is 9.59 Å². The topological polar surface area (TPSA) is 89.8 Å². The van der Waals surface area contributed by atoms with E-state index in [1.54, 1.807) is 49.9 Å². The van der Waals surface area contributed by atoms with Crippen LogP contribution in [-0.4, -0.2) is 25.4 Å². The maximum absolute atomic E-state index is 12.2. The van der Waals surface area contributed by atoms with Crippen LogP contribution in [-0.2, 0) is 13.6 Å². The molecule has 1 N–H and O–H groups in total. The summed E-state index contributed by atoms with van der Waals surface area (Å²) in [5, 5.41) is 2.69. The Bertz CT molecular complexity index is 889. The summed E-state index contributed by atoms with van der Waals surface area (Å²) in [7, 11) is 1.57. The van der Waals surface area contributed by atoms with E-state index in [2.05, 4.69) is 20.3 Å². The standard InChI is InChI=1S/C15H13N5O2/c1-20-13-11(3-2-6-17-13)19-12(15(20)22)14(21)18-9-10-4-7-16-8-5-10/h2-8H,9H2,1H3,(H,18,21). The second-order valence-corrected chi connectivity index (χ2v) is 4.71. The lowest BCUT2D eigenvalue weighted by Crippen LogP contribution is -2.33. The van der Waals surface area contributed by atoms with Crippen LogP contribution in [0.4, 0.5) is 0 Å². The van der Waals surface area contributed by atoms with Crippen molar-refractivity contribution in [2.45, 2.75) is 6.54 Å². The number of fused-ring (bicyclic) bond motifs is 1. The second kappa shape index (κ2) is 5.72. The first-order chi connectivity index (χ1) is 10.7. The molecule has 0 aliphatic heterocycles. The van der Waals surface area contributed by atoms with Gasteiger partial charge in [-0.1, -0.05) is 0 Å². The summed E-state index contributed by atoms with van der Waals surface area (Å²) in [6.07, 6.45) is 4.85. The quantitative estimate of drug-likeness (QED) is 0.766. The number of nitrogens with zero attached hydrogens (tertiary/aromatic N) is 4. The zero-order chi connectivity index (χ0) is 15.5. The highest BCUT2D eigenvalue weighted by Gasteiger charge is 2.16. The van der Waals surface area contributed by atoms with Gasteiger partial charge in [0, 0.05) is 32.2 Å². The predicted octanol–water partition coefficient (Wildman–Crippen LogP) is 0.653. The molecular formula is C15H13N5O2. The lowest BCUT2D eigenvalue weighted by molar-refractivity contribution is 0.0944. The maximum atomic E-state index is 12.2. The molecule has 0 saturated heterocycles. The number of pyridine rings is 2. The molecule has 0 bridgehead atoms. The smallest absolute Gasteiger partial charge is 0.283 e. The molecule has 7 nitrogen and oxygen atoms in total. The van der Waals surface area contributed by atoms with Crippen LogP contribution in [0, 0.1) is 0 Å². The molecule has 3 rings (SSSR count). The lowest BCUT2D eigenvalue weighted by atomic mass is 10.2. The summed E-state index contributed by atoms with van der Waals surface area (Å²) in [5.74, 6) is -0.511. The van der Waals surface area contributed by atoms with E-state index < -0.39 is 11.5 Å². The number of amides is 1. The largest absolute Gasteiger partial charge is 0.346 e. The average Bonchev–Trinajstić information content (AvgIpc) is 2.57. The lowest BCUT2D eigenvalue weighted by Gasteiger charge is -2.07. The molecule has 0 aromatic carbocycles. The van der Waals surface area contributed by atoms with Gasteiger partial charge in [0.2, 0.25) is 0 Å². The van der Waals surface area contributed by atoms with Gasteiger partial charge >= 0.3 is 0 Å². The third-order valence-corrected chi connectivity index (χ3v) is 3.24. The van der Waals surface area contributed by atoms with E-state index >= 15 is 0 Å². The molecule has 22 heavy (non-hydrogen) atoms. The van der Waals surface area contributed by atoms with Crippen LogP contribution in [0.2, 0.25) is 0 Å². The second-order valence-electron chi connectivity index (χ2n) is 4.71. The Hall–Kier alpha value is -3.09. The van der Waals surface area contributed by atoms with Gasteiger partial charge in [-0.15, -0.1) is 0 Å². The normalized spacial score (nSPS) is 10.6. The molecule has 0 radical (unpaired) electrons. The fourth-order valence-corrected chi connectivity index (χ4v) is 2.07. The SMILES string of the molecule is Cn1c(=O)c(C(=O)NCc2ccncc2)nc2cccnc21. The number of aryl methyl sites for hydroxylation is 1. The van der Waals surface area contributed by atoms with Gasteiger partial charge in [-0.3, -0.25) is 19.1 Å². The van der Waals surface area contributed by atoms with Crippen molar-refractivity contribution in [1.82, 2.24) is 24.8 Å². The van der Waals surface area contributed by atoms with E-state index in [-0.39, 0.29) is 5.69 Å². The van der Waals surface area contributed by atoms with Crippen molar-refractivity contribution < 1.29 is 4.79 Å². The van der Waals surface area contributed by atoms with E-state index in [0.717, 1.165) is 5.56 Å². The van der Waals surface area contributed by atoms with Gasteiger partial charge in [0.05, 0.1) is 0 Å². The zero-order valence-electron chi connectivity index (χ0n) is 11.9. The maximum Gasteiger partial charge on any atom is 0.283 e. The van der Waals surface area contributed by atoms with Crippen molar-refractivity contribution in [3.63, 3.8) is 0 Å². The average molecular weight is 295 g/mol. The summed E-state index contributed by atoms with van der Waals surface area (Å²) in [6, 6.07) is 6.99. The molecule has 3 aromatic rings. The molecule has 0 aliphatic rings. The van der Waals surface area contributed by atoms with Gasteiger partial charge in [0.1, 0.15) is 5.52 Å². The van der Waals surface area contributed by atoms with Crippen LogP contribution in [0.1, 0.15) is 16.1 Å². The van der Waals surface area contributed by atoms with Gasteiger partial charge in [-0.25, -0.2) is 9.97 Å². The number of nitrogens with one attached hydrogen (secondary N) is 1. The van der Waals surface area contributed by atoms with Gasteiger partial charge in [0.15, 0.2) is 11.3 Å². The Labute approximate surface area is 125 Å². The van der Waals surface area contributed by atoms with Crippen LogP contribution in [0.15, 0.2) is 47.7 Å². The van der Waals surface area contributed by atoms with Gasteiger partial charge < -0.3 is 5.32 Å². The molecule has 0 saturated carbocycles. The van der Waals surface area contributed by atoms with E-state index in [1.165, 1.54) is 4.57 Å². The molecular weight excluding hydrogens is 282 g/mol. The Kier molecular flexibility index (Phi) is 3.61. The molecule has 110 valence electrons. The van der Waals surface area contributed by atoms with Crippen molar-refractivity contribution in [2.75, 3.05) is 0 Å². The van der Waals surface area contributed by atoms with Crippen molar-refractivity contribution in [3.05, 3.63) is 64.5 Å². The first kappa shape index (κ1) is 13.9. The number of carbonyl (C=O) groups excluding carboxylic acids is 1. The number of hydrogen-bond donors (Lipinski definition) is 1. The fraction of sp³-hybridized carbons (Fsp3) is 0.133. The number of hydrogen-bond acceptors (Lipinski definition) is 5. The van der Waals surface area contributed by atoms with Crippen molar-refractivity contribution >= 4 is 17.1 Å². The molecule has 3 aromatic heterocycles. The highest BCUT2D eigenvalue weighted by atomic mass is 16.2.